The van der Waals surface area contributed by atoms with Crippen molar-refractivity contribution in [3.05, 3.63) is 23.0 Å². The zero-order chi connectivity index (χ0) is 20.5. The third-order valence-corrected chi connectivity index (χ3v) is 3.80. The molecule has 0 amide bonds. The summed E-state index contributed by atoms with van der Waals surface area (Å²) >= 11 is 0. The van der Waals surface area contributed by atoms with E-state index in [1.54, 1.807) is 13.8 Å². The van der Waals surface area contributed by atoms with Gasteiger partial charge in [-0.05, 0) is 45.1 Å². The van der Waals surface area contributed by atoms with Crippen LogP contribution in [0.1, 0.15) is 53.9 Å². The average Bonchev–Trinajstić information content (AvgIpc) is 2.49. The van der Waals surface area contributed by atoms with Crippen LogP contribution in [-0.4, -0.2) is 31.7 Å². The first-order chi connectivity index (χ1) is 11.9. The zero-order valence-corrected chi connectivity index (χ0v) is 16.2. The van der Waals surface area contributed by atoms with Crippen molar-refractivity contribution in [3.8, 4) is 0 Å². The Morgan fingerprint density at radius 2 is 1.81 bits per heavy atom. The van der Waals surface area contributed by atoms with Gasteiger partial charge in [-0.3, -0.25) is 0 Å². The molecule has 0 aromatic carbocycles. The number of hydrogen-bond donors (Lipinski definition) is 1. The molecule has 0 aliphatic rings. The summed E-state index contributed by atoms with van der Waals surface area (Å²) in [4.78, 5) is 4.00. The highest BCUT2D eigenvalue weighted by Gasteiger charge is 2.37. The van der Waals surface area contributed by atoms with Crippen molar-refractivity contribution in [2.45, 2.75) is 66.0 Å². The molecule has 0 saturated carbocycles. The van der Waals surface area contributed by atoms with E-state index in [1.165, 1.54) is 6.92 Å². The van der Waals surface area contributed by atoms with Gasteiger partial charge in [0.05, 0.1) is 7.11 Å². The van der Waals surface area contributed by atoms with Crippen LogP contribution in [0.2, 0.25) is 0 Å². The van der Waals surface area contributed by atoms with E-state index in [2.05, 4.69) is 10.3 Å². The molecule has 0 aliphatic heterocycles. The molecule has 8 heteroatoms. The molecular formula is C18H29F5N2O. The van der Waals surface area contributed by atoms with Crippen LogP contribution in [0, 0.1) is 5.92 Å². The van der Waals surface area contributed by atoms with Crippen LogP contribution in [0.5, 0.6) is 0 Å². The summed E-state index contributed by atoms with van der Waals surface area (Å²) in [5.41, 5.74) is -0.229. The fourth-order valence-electron chi connectivity index (χ4n) is 2.33. The van der Waals surface area contributed by atoms with Crippen molar-refractivity contribution in [1.29, 1.82) is 0 Å². The molecule has 0 spiro atoms. The van der Waals surface area contributed by atoms with Gasteiger partial charge in [-0.25, -0.2) is 8.78 Å². The van der Waals surface area contributed by atoms with E-state index < -0.39 is 23.6 Å². The molecule has 0 fully saturated rings. The van der Waals surface area contributed by atoms with Gasteiger partial charge in [0.2, 0.25) is 11.8 Å². The number of methoxy groups -OCH3 is 1. The fraction of sp³-hybridized carbons (Fsp3) is 0.722. The van der Waals surface area contributed by atoms with Gasteiger partial charge in [-0.15, -0.1) is 0 Å². The van der Waals surface area contributed by atoms with Crippen LogP contribution < -0.4 is 5.32 Å². The van der Waals surface area contributed by atoms with Crippen molar-refractivity contribution < 1.29 is 26.7 Å². The number of allylic oxidation sites excluding steroid dienone is 2. The third kappa shape index (κ3) is 9.20. The second-order valence-corrected chi connectivity index (χ2v) is 6.40. The van der Waals surface area contributed by atoms with Crippen molar-refractivity contribution in [2.75, 3.05) is 13.7 Å². The van der Waals surface area contributed by atoms with Crippen LogP contribution in [0.4, 0.5) is 22.0 Å². The maximum Gasteiger partial charge on any atom is 0.421 e. The van der Waals surface area contributed by atoms with Gasteiger partial charge >= 0.3 is 6.18 Å². The van der Waals surface area contributed by atoms with Crippen LogP contribution in [0.3, 0.4) is 0 Å². The number of rotatable bonds is 9. The summed E-state index contributed by atoms with van der Waals surface area (Å²) in [6.07, 6.45) is -2.92. The van der Waals surface area contributed by atoms with E-state index in [0.717, 1.165) is 25.7 Å². The van der Waals surface area contributed by atoms with Gasteiger partial charge < -0.3 is 10.1 Å². The van der Waals surface area contributed by atoms with Crippen LogP contribution in [0.25, 0.3) is 0 Å². The minimum absolute atomic E-state index is 0.238. The van der Waals surface area contributed by atoms with E-state index in [0.29, 0.717) is 19.4 Å². The highest BCUT2D eigenvalue weighted by Crippen LogP contribution is 2.28. The van der Waals surface area contributed by atoms with Gasteiger partial charge in [0.1, 0.15) is 11.4 Å². The number of nitrogens with zero attached hydrogens (tertiary/aromatic N) is 1. The maximum atomic E-state index is 13.1. The summed E-state index contributed by atoms with van der Waals surface area (Å²) in [7, 11) is 1.12. The number of alkyl halides is 5. The Kier molecular flexibility index (Phi) is 9.88. The number of aliphatic imine (C=N–C) groups is 1. The highest BCUT2D eigenvalue weighted by molar-refractivity contribution is 5.95. The van der Waals surface area contributed by atoms with Gasteiger partial charge in [0.25, 0.3) is 0 Å². The summed E-state index contributed by atoms with van der Waals surface area (Å²) in [6.45, 7) is 7.75. The Morgan fingerprint density at radius 3 is 2.19 bits per heavy atom. The largest absolute Gasteiger partial charge is 0.481 e. The number of nitrogens with one attached hydrogen (secondary N) is 1. The van der Waals surface area contributed by atoms with Crippen molar-refractivity contribution in [3.63, 3.8) is 0 Å². The minimum atomic E-state index is -4.59. The minimum Gasteiger partial charge on any atom is -0.481 e. The molecule has 1 atom stereocenters. The summed E-state index contributed by atoms with van der Waals surface area (Å²) in [5, 5.41) is 2.95. The van der Waals surface area contributed by atoms with E-state index in [1.807, 2.05) is 6.92 Å². The van der Waals surface area contributed by atoms with Crippen molar-refractivity contribution in [1.82, 2.24) is 5.32 Å². The molecule has 0 rings (SSSR count). The first-order valence-corrected chi connectivity index (χ1v) is 8.53. The lowest BCUT2D eigenvalue weighted by Gasteiger charge is -2.18. The summed E-state index contributed by atoms with van der Waals surface area (Å²) in [5.74, 6) is -3.25. The van der Waals surface area contributed by atoms with E-state index in [9.17, 15) is 22.0 Å². The molecule has 0 aromatic rings. The molecular weight excluding hydrogens is 355 g/mol. The fourth-order valence-corrected chi connectivity index (χ4v) is 2.33. The van der Waals surface area contributed by atoms with E-state index in [4.69, 9.17) is 4.74 Å². The van der Waals surface area contributed by atoms with E-state index >= 15 is 0 Å². The van der Waals surface area contributed by atoms with Crippen molar-refractivity contribution in [2.24, 2.45) is 10.9 Å². The van der Waals surface area contributed by atoms with Gasteiger partial charge in [-0.1, -0.05) is 19.9 Å². The van der Waals surface area contributed by atoms with E-state index in [-0.39, 0.29) is 18.2 Å². The predicted molar refractivity (Wildman–Crippen MR) is 94.3 cm³/mol. The Morgan fingerprint density at radius 1 is 1.23 bits per heavy atom. The molecule has 1 unspecified atom stereocenters. The Hall–Kier alpha value is -1.60. The van der Waals surface area contributed by atoms with Crippen LogP contribution in [0.15, 0.2) is 28.0 Å². The number of hydrogen-bond acceptors (Lipinski definition) is 3. The summed E-state index contributed by atoms with van der Waals surface area (Å²) < 4.78 is 70.1. The van der Waals surface area contributed by atoms with Gasteiger partial charge in [0, 0.05) is 13.0 Å². The monoisotopic (exact) mass is 384 g/mol. The quantitative estimate of drug-likeness (QED) is 0.308. The van der Waals surface area contributed by atoms with Crippen LogP contribution >= 0.6 is 0 Å². The third-order valence-electron chi connectivity index (χ3n) is 3.80. The first kappa shape index (κ1) is 24.4. The van der Waals surface area contributed by atoms with Crippen molar-refractivity contribution >= 4 is 5.90 Å². The molecule has 0 aromatic heterocycles. The lowest BCUT2D eigenvalue weighted by atomic mass is 10.0. The molecule has 0 radical (unpaired) electrons. The molecule has 0 bridgehead atoms. The smallest absolute Gasteiger partial charge is 0.421 e. The molecule has 0 saturated heterocycles. The molecule has 1 N–H and O–H groups in total. The molecule has 26 heavy (non-hydrogen) atoms. The first-order valence-electron chi connectivity index (χ1n) is 8.53. The topological polar surface area (TPSA) is 33.6 Å². The average molecular weight is 384 g/mol. The summed E-state index contributed by atoms with van der Waals surface area (Å²) in [6, 6.07) is 0. The normalized spacial score (nSPS) is 16.3. The lowest BCUT2D eigenvalue weighted by Crippen LogP contribution is -2.24. The molecule has 0 aliphatic carbocycles. The Labute approximate surface area is 152 Å². The molecule has 3 nitrogen and oxygen atoms in total. The second-order valence-electron chi connectivity index (χ2n) is 6.40. The highest BCUT2D eigenvalue weighted by atomic mass is 19.4. The number of ether oxygens (including phenoxy) is 1. The predicted octanol–water partition coefficient (Wildman–Crippen LogP) is 5.84. The number of halogens is 5. The molecule has 152 valence electrons. The van der Waals surface area contributed by atoms with Crippen LogP contribution in [-0.2, 0) is 4.74 Å². The second kappa shape index (κ2) is 10.5. The van der Waals surface area contributed by atoms with Gasteiger partial charge in [-0.2, -0.15) is 18.2 Å². The molecule has 0 heterocycles. The lowest BCUT2D eigenvalue weighted by molar-refractivity contribution is -0.0877. The maximum absolute atomic E-state index is 13.1. The SMILES string of the molecule is C\C=C(/C(=N\C(NCCC(C)CC(C)(F)F)=C(\C)CC)OC)C(F)(F)F. The van der Waals surface area contributed by atoms with Gasteiger partial charge in [0.15, 0.2) is 0 Å². The standard InChI is InChI=1S/C18H29F5N2O/c1-7-13(4)15(24-10-9-12(3)11-17(5,19)20)25-16(26-6)14(8-2)18(21,22)23/h8,12,24H,7,9-11H2,1-6H3/b14-8+,15-13-,25-16+. The Bertz CT molecular complexity index is 531. The Balaban J connectivity index is 5.29. The zero-order valence-electron chi connectivity index (χ0n) is 16.2.